The number of aromatic nitrogens is 2. The van der Waals surface area contributed by atoms with E-state index in [0.29, 0.717) is 11.5 Å². The second-order valence-electron chi connectivity index (χ2n) is 6.81. The number of carbonyl (C=O) groups excluding carboxylic acids is 1. The summed E-state index contributed by atoms with van der Waals surface area (Å²) in [6, 6.07) is 13.1. The molecule has 0 saturated heterocycles. The molecule has 0 unspecified atom stereocenters. The van der Waals surface area contributed by atoms with Crippen molar-refractivity contribution in [3.8, 4) is 11.1 Å². The first-order valence-electron chi connectivity index (χ1n) is 9.42. The number of thiophene rings is 1. The highest BCUT2D eigenvalue weighted by Gasteiger charge is 2.17. The number of urea groups is 1. The molecule has 2 aromatic heterocycles. The number of benzene rings is 2. The molecule has 0 atom stereocenters. The van der Waals surface area contributed by atoms with Gasteiger partial charge in [-0.2, -0.15) is 0 Å². The van der Waals surface area contributed by atoms with Gasteiger partial charge in [-0.1, -0.05) is 41.1 Å². The van der Waals surface area contributed by atoms with E-state index in [2.05, 4.69) is 43.5 Å². The molecular formula is C22H20BrN5OS. The van der Waals surface area contributed by atoms with Crippen molar-refractivity contribution in [2.45, 2.75) is 20.3 Å². The third kappa shape index (κ3) is 4.01. The molecule has 4 rings (SSSR count). The number of hydrogen-bond donors (Lipinski definition) is 3. The Bertz CT molecular complexity index is 1240. The summed E-state index contributed by atoms with van der Waals surface area (Å²) in [5, 5.41) is 6.59. The number of nitrogen functional groups attached to an aromatic ring is 1. The van der Waals surface area contributed by atoms with Crippen molar-refractivity contribution in [2.24, 2.45) is 0 Å². The van der Waals surface area contributed by atoms with E-state index in [1.54, 1.807) is 11.3 Å². The molecule has 6 nitrogen and oxygen atoms in total. The minimum absolute atomic E-state index is 0.300. The van der Waals surface area contributed by atoms with Gasteiger partial charge in [0.25, 0.3) is 0 Å². The van der Waals surface area contributed by atoms with Gasteiger partial charge in [0.1, 0.15) is 17.0 Å². The zero-order valence-corrected chi connectivity index (χ0v) is 18.9. The molecule has 0 bridgehead atoms. The fraction of sp³-hybridized carbons (Fsp3) is 0.136. The smallest absolute Gasteiger partial charge is 0.323 e. The van der Waals surface area contributed by atoms with Crippen molar-refractivity contribution in [1.29, 1.82) is 0 Å². The van der Waals surface area contributed by atoms with Crippen LogP contribution >= 0.6 is 27.3 Å². The lowest BCUT2D eigenvalue weighted by molar-refractivity contribution is 0.262. The number of carbonyl (C=O) groups is 1. The average molecular weight is 482 g/mol. The van der Waals surface area contributed by atoms with E-state index in [-0.39, 0.29) is 6.03 Å². The molecule has 0 fully saturated rings. The van der Waals surface area contributed by atoms with Crippen LogP contribution in [0.1, 0.15) is 17.4 Å². The minimum atomic E-state index is -0.300. The molecule has 0 aliphatic heterocycles. The Morgan fingerprint density at radius 2 is 1.80 bits per heavy atom. The Labute approximate surface area is 186 Å². The fourth-order valence-electron chi connectivity index (χ4n) is 3.24. The van der Waals surface area contributed by atoms with Crippen LogP contribution < -0.4 is 16.4 Å². The van der Waals surface area contributed by atoms with Gasteiger partial charge in [0, 0.05) is 26.3 Å². The quantitative estimate of drug-likeness (QED) is 0.322. The Kier molecular flexibility index (Phi) is 5.69. The van der Waals surface area contributed by atoms with Gasteiger partial charge in [-0.15, -0.1) is 11.3 Å². The topological polar surface area (TPSA) is 92.9 Å². The maximum atomic E-state index is 12.3. The van der Waals surface area contributed by atoms with E-state index in [1.165, 1.54) is 11.2 Å². The highest BCUT2D eigenvalue weighted by atomic mass is 79.9. The number of nitrogens with zero attached hydrogens (tertiary/aromatic N) is 2. The summed E-state index contributed by atoms with van der Waals surface area (Å²) in [5.41, 5.74) is 10.7. The highest BCUT2D eigenvalue weighted by Crippen LogP contribution is 2.40. The summed E-state index contributed by atoms with van der Waals surface area (Å²) in [5.74, 6) is 0.483. The van der Waals surface area contributed by atoms with Crippen LogP contribution in [0.3, 0.4) is 0 Å². The van der Waals surface area contributed by atoms with Gasteiger partial charge in [0.15, 0.2) is 0 Å². The molecule has 0 aliphatic carbocycles. The number of nitrogens with one attached hydrogen (secondary N) is 2. The largest absolute Gasteiger partial charge is 0.383 e. The Hall–Kier alpha value is -2.97. The summed E-state index contributed by atoms with van der Waals surface area (Å²) in [6.07, 6.45) is 2.37. The van der Waals surface area contributed by atoms with Crippen LogP contribution in [0.25, 0.3) is 21.3 Å². The third-order valence-corrected chi connectivity index (χ3v) is 6.87. The van der Waals surface area contributed by atoms with Crippen molar-refractivity contribution >= 4 is 60.7 Å². The molecule has 4 N–H and O–H groups in total. The molecule has 4 aromatic rings. The SMILES string of the molecule is CCc1sc2ncnc(N)c2c1-c1ccc(NC(=O)Nc2ccc(C)c(Br)c2)cc1. The standard InChI is InChI=1S/C22H20BrN5OS/c1-3-17-18(19-20(24)25-11-26-21(19)30-17)13-5-8-14(9-6-13)27-22(29)28-15-7-4-12(2)16(23)10-15/h4-11H,3H2,1-2H3,(H2,24,25,26)(H2,27,28,29). The van der Waals surface area contributed by atoms with Crippen molar-refractivity contribution in [1.82, 2.24) is 9.97 Å². The minimum Gasteiger partial charge on any atom is -0.383 e. The van der Waals surface area contributed by atoms with E-state index in [4.69, 9.17) is 5.73 Å². The highest BCUT2D eigenvalue weighted by molar-refractivity contribution is 9.10. The number of rotatable bonds is 4. The van der Waals surface area contributed by atoms with Crippen molar-refractivity contribution < 1.29 is 4.79 Å². The second-order valence-corrected chi connectivity index (χ2v) is 8.75. The molecule has 2 aromatic carbocycles. The monoisotopic (exact) mass is 481 g/mol. The molecule has 0 spiro atoms. The fourth-order valence-corrected chi connectivity index (χ4v) is 4.73. The summed E-state index contributed by atoms with van der Waals surface area (Å²) < 4.78 is 0.947. The van der Waals surface area contributed by atoms with E-state index < -0.39 is 0 Å². The summed E-state index contributed by atoms with van der Waals surface area (Å²) >= 11 is 5.11. The molecule has 0 aliphatic rings. The molecule has 0 saturated carbocycles. The van der Waals surface area contributed by atoms with E-state index in [0.717, 1.165) is 43.5 Å². The first-order chi connectivity index (χ1) is 14.5. The van der Waals surface area contributed by atoms with Crippen molar-refractivity contribution in [3.63, 3.8) is 0 Å². The van der Waals surface area contributed by atoms with Gasteiger partial charge >= 0.3 is 6.03 Å². The maximum absolute atomic E-state index is 12.3. The molecule has 30 heavy (non-hydrogen) atoms. The Morgan fingerprint density at radius 1 is 1.10 bits per heavy atom. The predicted octanol–water partition coefficient (Wildman–Crippen LogP) is 6.22. The van der Waals surface area contributed by atoms with Crippen LogP contribution in [0.5, 0.6) is 0 Å². The zero-order chi connectivity index (χ0) is 21.3. The maximum Gasteiger partial charge on any atom is 0.323 e. The van der Waals surface area contributed by atoms with Gasteiger partial charge in [0.05, 0.1) is 5.39 Å². The lowest BCUT2D eigenvalue weighted by atomic mass is 10.0. The predicted molar refractivity (Wildman–Crippen MR) is 128 cm³/mol. The molecule has 152 valence electrons. The number of hydrogen-bond acceptors (Lipinski definition) is 5. The van der Waals surface area contributed by atoms with Crippen LogP contribution in [-0.2, 0) is 6.42 Å². The first-order valence-corrected chi connectivity index (χ1v) is 11.0. The molecule has 2 heterocycles. The van der Waals surface area contributed by atoms with E-state index in [9.17, 15) is 4.79 Å². The molecular weight excluding hydrogens is 462 g/mol. The van der Waals surface area contributed by atoms with Crippen LogP contribution in [0, 0.1) is 6.92 Å². The second kappa shape index (κ2) is 8.41. The first kappa shape index (κ1) is 20.3. The number of amides is 2. The summed E-state index contributed by atoms with van der Waals surface area (Å²) in [4.78, 5) is 23.0. The van der Waals surface area contributed by atoms with Gasteiger partial charge in [0.2, 0.25) is 0 Å². The van der Waals surface area contributed by atoms with Gasteiger partial charge in [-0.3, -0.25) is 0 Å². The number of aryl methyl sites for hydroxylation is 2. The number of nitrogens with two attached hydrogens (primary N) is 1. The lowest BCUT2D eigenvalue weighted by Crippen LogP contribution is -2.19. The zero-order valence-electron chi connectivity index (χ0n) is 16.5. The average Bonchev–Trinajstić information content (AvgIpc) is 3.11. The lowest BCUT2D eigenvalue weighted by Gasteiger charge is -2.10. The number of anilines is 3. The number of fused-ring (bicyclic) bond motifs is 1. The van der Waals surface area contributed by atoms with Gasteiger partial charge < -0.3 is 16.4 Å². The van der Waals surface area contributed by atoms with E-state index >= 15 is 0 Å². The summed E-state index contributed by atoms with van der Waals surface area (Å²) in [6.45, 7) is 4.11. The van der Waals surface area contributed by atoms with E-state index in [1.807, 2.05) is 49.4 Å². The third-order valence-electron chi connectivity index (χ3n) is 4.77. The molecule has 8 heteroatoms. The number of halogens is 1. The van der Waals surface area contributed by atoms with Crippen molar-refractivity contribution in [2.75, 3.05) is 16.4 Å². The Morgan fingerprint density at radius 3 is 2.50 bits per heavy atom. The van der Waals surface area contributed by atoms with Crippen molar-refractivity contribution in [3.05, 3.63) is 63.7 Å². The summed E-state index contributed by atoms with van der Waals surface area (Å²) in [7, 11) is 0. The Balaban J connectivity index is 1.55. The normalized spacial score (nSPS) is 10.9. The van der Waals surface area contributed by atoms with Crippen LogP contribution in [0.2, 0.25) is 0 Å². The van der Waals surface area contributed by atoms with Gasteiger partial charge in [-0.05, 0) is 48.7 Å². The van der Waals surface area contributed by atoms with Gasteiger partial charge in [-0.25, -0.2) is 14.8 Å². The van der Waals surface area contributed by atoms with Crippen LogP contribution in [0.4, 0.5) is 22.0 Å². The van der Waals surface area contributed by atoms with Crippen LogP contribution in [-0.4, -0.2) is 16.0 Å². The molecule has 2 amide bonds. The molecule has 0 radical (unpaired) electrons. The van der Waals surface area contributed by atoms with Crippen LogP contribution in [0.15, 0.2) is 53.3 Å².